The fourth-order valence-corrected chi connectivity index (χ4v) is 3.08. The van der Waals surface area contributed by atoms with Gasteiger partial charge in [-0.3, -0.25) is 4.79 Å². The molecule has 1 amide bonds. The molecule has 0 spiro atoms. The summed E-state index contributed by atoms with van der Waals surface area (Å²) in [4.78, 5) is 15.0. The van der Waals surface area contributed by atoms with Crippen molar-refractivity contribution in [3.8, 4) is 5.69 Å². The van der Waals surface area contributed by atoms with Crippen molar-refractivity contribution < 1.29 is 4.79 Å². The van der Waals surface area contributed by atoms with E-state index in [4.69, 9.17) is 0 Å². The lowest BCUT2D eigenvalue weighted by Gasteiger charge is -2.18. The average Bonchev–Trinajstić information content (AvgIpc) is 3.18. The van der Waals surface area contributed by atoms with E-state index in [9.17, 15) is 4.79 Å². The van der Waals surface area contributed by atoms with E-state index in [1.54, 1.807) is 17.1 Å². The fourth-order valence-electron chi connectivity index (χ4n) is 3.08. The van der Waals surface area contributed by atoms with E-state index in [2.05, 4.69) is 34.4 Å². The summed E-state index contributed by atoms with van der Waals surface area (Å²) in [5.41, 5.74) is 1.60. The van der Waals surface area contributed by atoms with Gasteiger partial charge in [0.15, 0.2) is 0 Å². The van der Waals surface area contributed by atoms with Gasteiger partial charge < -0.3 is 10.2 Å². The van der Waals surface area contributed by atoms with E-state index in [0.717, 1.165) is 37.4 Å². The molecule has 1 fully saturated rings. The molecule has 2 aromatic rings. The summed E-state index contributed by atoms with van der Waals surface area (Å²) in [6.07, 6.45) is 4.31. The van der Waals surface area contributed by atoms with Crippen LogP contribution in [0.1, 0.15) is 20.3 Å². The summed E-state index contributed by atoms with van der Waals surface area (Å²) < 4.78 is 1.66. The number of hydrogen-bond acceptors (Lipinski definition) is 4. The Morgan fingerprint density at radius 1 is 1.39 bits per heavy atom. The summed E-state index contributed by atoms with van der Waals surface area (Å²) in [6, 6.07) is 7.65. The van der Waals surface area contributed by atoms with Crippen LogP contribution in [0.5, 0.6) is 0 Å². The van der Waals surface area contributed by atoms with E-state index < -0.39 is 0 Å². The number of rotatable bonds is 5. The number of para-hydroxylation sites is 2. The predicted molar refractivity (Wildman–Crippen MR) is 89.4 cm³/mol. The fraction of sp³-hybridized carbons (Fsp3) is 0.471. The van der Waals surface area contributed by atoms with Gasteiger partial charge in [0.1, 0.15) is 0 Å². The Kier molecular flexibility index (Phi) is 4.71. The smallest absolute Gasteiger partial charge is 0.228 e. The third-order valence-electron chi connectivity index (χ3n) is 4.10. The molecule has 1 N–H and O–H groups in total. The second-order valence-electron chi connectivity index (χ2n) is 6.49. The first-order chi connectivity index (χ1) is 11.1. The zero-order valence-electron chi connectivity index (χ0n) is 13.6. The Morgan fingerprint density at radius 2 is 2.22 bits per heavy atom. The molecule has 1 aromatic carbocycles. The quantitative estimate of drug-likeness (QED) is 0.919. The zero-order valence-corrected chi connectivity index (χ0v) is 13.6. The Hall–Kier alpha value is -2.21. The molecule has 1 aliphatic rings. The number of aromatic nitrogens is 3. The van der Waals surface area contributed by atoms with Crippen LogP contribution in [0.2, 0.25) is 0 Å². The monoisotopic (exact) mass is 313 g/mol. The van der Waals surface area contributed by atoms with Crippen molar-refractivity contribution in [2.45, 2.75) is 20.3 Å². The SMILES string of the molecule is CC(C)CN1CCC(C(=O)Nc2ccccc2-n2ccnn2)C1. The molecule has 6 heteroatoms. The normalized spacial score (nSPS) is 18.5. The van der Waals surface area contributed by atoms with Crippen LogP contribution in [-0.4, -0.2) is 45.4 Å². The number of carbonyl (C=O) groups is 1. The van der Waals surface area contributed by atoms with Gasteiger partial charge in [-0.1, -0.05) is 31.2 Å². The molecule has 1 unspecified atom stereocenters. The van der Waals surface area contributed by atoms with Crippen LogP contribution >= 0.6 is 0 Å². The molecule has 1 aliphatic heterocycles. The molecule has 2 heterocycles. The Morgan fingerprint density at radius 3 is 2.96 bits per heavy atom. The van der Waals surface area contributed by atoms with Crippen LogP contribution in [0.3, 0.4) is 0 Å². The maximum atomic E-state index is 12.6. The van der Waals surface area contributed by atoms with Crippen molar-refractivity contribution in [3.63, 3.8) is 0 Å². The minimum Gasteiger partial charge on any atom is -0.324 e. The van der Waals surface area contributed by atoms with Crippen LogP contribution in [-0.2, 0) is 4.79 Å². The van der Waals surface area contributed by atoms with E-state index in [0.29, 0.717) is 5.92 Å². The second kappa shape index (κ2) is 6.91. The van der Waals surface area contributed by atoms with Crippen LogP contribution in [0.25, 0.3) is 5.69 Å². The molecular formula is C17H23N5O. The van der Waals surface area contributed by atoms with E-state index in [-0.39, 0.29) is 11.8 Å². The number of carbonyl (C=O) groups excluding carboxylic acids is 1. The van der Waals surface area contributed by atoms with Crippen molar-refractivity contribution in [1.82, 2.24) is 19.9 Å². The maximum Gasteiger partial charge on any atom is 0.228 e. The lowest BCUT2D eigenvalue weighted by molar-refractivity contribution is -0.119. The van der Waals surface area contributed by atoms with Crippen molar-refractivity contribution in [3.05, 3.63) is 36.7 Å². The molecule has 0 radical (unpaired) electrons. The second-order valence-corrected chi connectivity index (χ2v) is 6.49. The topological polar surface area (TPSA) is 63.1 Å². The first-order valence-electron chi connectivity index (χ1n) is 8.12. The highest BCUT2D eigenvalue weighted by Crippen LogP contribution is 2.23. The van der Waals surface area contributed by atoms with E-state index >= 15 is 0 Å². The third kappa shape index (κ3) is 3.76. The zero-order chi connectivity index (χ0) is 16.2. The number of nitrogens with zero attached hydrogens (tertiary/aromatic N) is 4. The van der Waals surface area contributed by atoms with Gasteiger partial charge in [0.05, 0.1) is 29.7 Å². The van der Waals surface area contributed by atoms with Gasteiger partial charge in [-0.25, -0.2) is 4.68 Å². The number of amides is 1. The van der Waals surface area contributed by atoms with Gasteiger partial charge in [-0.05, 0) is 31.0 Å². The van der Waals surface area contributed by atoms with Crippen LogP contribution in [0, 0.1) is 11.8 Å². The molecular weight excluding hydrogens is 290 g/mol. The van der Waals surface area contributed by atoms with Gasteiger partial charge in [-0.2, -0.15) is 0 Å². The average molecular weight is 313 g/mol. The summed E-state index contributed by atoms with van der Waals surface area (Å²) in [7, 11) is 0. The standard InChI is InChI=1S/C17H23N5O/c1-13(2)11-21-9-7-14(12-21)17(23)19-15-5-3-4-6-16(15)22-10-8-18-20-22/h3-6,8,10,13-14H,7,9,11-12H2,1-2H3,(H,19,23). The van der Waals surface area contributed by atoms with E-state index in [1.807, 2.05) is 24.3 Å². The van der Waals surface area contributed by atoms with Crippen LogP contribution in [0.15, 0.2) is 36.7 Å². The minimum absolute atomic E-state index is 0.0533. The highest BCUT2D eigenvalue weighted by molar-refractivity contribution is 5.94. The van der Waals surface area contributed by atoms with Gasteiger partial charge in [0, 0.05) is 13.1 Å². The number of benzene rings is 1. The largest absolute Gasteiger partial charge is 0.324 e. The van der Waals surface area contributed by atoms with Crippen molar-refractivity contribution in [1.29, 1.82) is 0 Å². The number of anilines is 1. The highest BCUT2D eigenvalue weighted by Gasteiger charge is 2.28. The maximum absolute atomic E-state index is 12.6. The van der Waals surface area contributed by atoms with E-state index in [1.165, 1.54) is 0 Å². The highest BCUT2D eigenvalue weighted by atomic mass is 16.2. The Bertz CT molecular complexity index is 653. The van der Waals surface area contributed by atoms with Gasteiger partial charge >= 0.3 is 0 Å². The first-order valence-corrected chi connectivity index (χ1v) is 8.12. The first kappa shape index (κ1) is 15.7. The number of nitrogens with one attached hydrogen (secondary N) is 1. The third-order valence-corrected chi connectivity index (χ3v) is 4.10. The summed E-state index contributed by atoms with van der Waals surface area (Å²) >= 11 is 0. The predicted octanol–water partition coefficient (Wildman–Crippen LogP) is 2.18. The summed E-state index contributed by atoms with van der Waals surface area (Å²) in [5, 5.41) is 10.9. The molecule has 1 aromatic heterocycles. The molecule has 6 nitrogen and oxygen atoms in total. The Labute approximate surface area is 136 Å². The lowest BCUT2D eigenvalue weighted by Crippen LogP contribution is -2.29. The van der Waals surface area contributed by atoms with Gasteiger partial charge in [0.2, 0.25) is 5.91 Å². The number of hydrogen-bond donors (Lipinski definition) is 1. The molecule has 23 heavy (non-hydrogen) atoms. The molecule has 3 rings (SSSR count). The van der Waals surface area contributed by atoms with Gasteiger partial charge in [0.25, 0.3) is 0 Å². The summed E-state index contributed by atoms with van der Waals surface area (Å²) in [6.45, 7) is 7.32. The lowest BCUT2D eigenvalue weighted by atomic mass is 10.1. The van der Waals surface area contributed by atoms with Crippen molar-refractivity contribution in [2.75, 3.05) is 25.0 Å². The van der Waals surface area contributed by atoms with Crippen molar-refractivity contribution >= 4 is 11.6 Å². The Balaban J connectivity index is 1.67. The molecule has 0 saturated carbocycles. The summed E-state index contributed by atoms with van der Waals surface area (Å²) in [5.74, 6) is 0.770. The number of likely N-dealkylation sites (tertiary alicyclic amines) is 1. The molecule has 1 saturated heterocycles. The van der Waals surface area contributed by atoms with Crippen LogP contribution in [0.4, 0.5) is 5.69 Å². The van der Waals surface area contributed by atoms with Crippen LogP contribution < -0.4 is 5.32 Å². The molecule has 0 bridgehead atoms. The molecule has 122 valence electrons. The molecule has 0 aliphatic carbocycles. The molecule has 1 atom stereocenters. The minimum atomic E-state index is 0.0533. The van der Waals surface area contributed by atoms with Gasteiger partial charge in [-0.15, -0.1) is 5.10 Å². The van der Waals surface area contributed by atoms with Crippen molar-refractivity contribution in [2.24, 2.45) is 11.8 Å².